The summed E-state index contributed by atoms with van der Waals surface area (Å²) < 4.78 is 13.1. The summed E-state index contributed by atoms with van der Waals surface area (Å²) in [5.41, 5.74) is 0. The van der Waals surface area contributed by atoms with E-state index in [1.54, 1.807) is 24.1 Å². The van der Waals surface area contributed by atoms with Crippen LogP contribution >= 0.6 is 23.4 Å². The van der Waals surface area contributed by atoms with Gasteiger partial charge in [-0.05, 0) is 37.3 Å². The highest BCUT2D eigenvalue weighted by molar-refractivity contribution is 7.99. The predicted octanol–water partition coefficient (Wildman–Crippen LogP) is 4.38. The van der Waals surface area contributed by atoms with Gasteiger partial charge in [-0.1, -0.05) is 29.4 Å². The van der Waals surface area contributed by atoms with Crippen LogP contribution < -0.4 is 4.74 Å². The summed E-state index contributed by atoms with van der Waals surface area (Å²) in [6.07, 6.45) is 1.63. The molecule has 0 aliphatic heterocycles. The van der Waals surface area contributed by atoms with Crippen LogP contribution in [-0.4, -0.2) is 27.1 Å². The Kier molecular flexibility index (Phi) is 5.25. The van der Waals surface area contributed by atoms with Crippen LogP contribution in [0.4, 0.5) is 0 Å². The summed E-state index contributed by atoms with van der Waals surface area (Å²) in [6, 6.07) is 11.1. The van der Waals surface area contributed by atoms with Crippen LogP contribution in [0.1, 0.15) is 6.92 Å². The first-order chi connectivity index (χ1) is 11.3. The topological polar surface area (TPSA) is 53.1 Å². The Hall–Kier alpha value is -1.92. The lowest BCUT2D eigenvalue weighted by atomic mass is 10.3. The monoisotopic (exact) mass is 349 g/mol. The highest BCUT2D eigenvalue weighted by Crippen LogP contribution is 2.24. The fraction of sp³-hybridized carbons (Fsp3) is 0.250. The standard InChI is InChI=1S/C16H16ClN3O2S/c1-2-20-15(14-7-4-8-22-14)18-19-16(20)23-10-9-21-13-6-3-5-12(17)11-13/h3-8,11H,2,9-10H2,1H3. The fourth-order valence-corrected chi connectivity index (χ4v) is 3.12. The highest BCUT2D eigenvalue weighted by atomic mass is 35.5. The first kappa shape index (κ1) is 16.0. The molecule has 0 saturated carbocycles. The molecule has 0 unspecified atom stereocenters. The summed E-state index contributed by atoms with van der Waals surface area (Å²) in [6.45, 7) is 3.40. The Morgan fingerprint density at radius 1 is 1.26 bits per heavy atom. The van der Waals surface area contributed by atoms with Crippen molar-refractivity contribution in [3.05, 3.63) is 47.7 Å². The molecule has 3 rings (SSSR count). The average molecular weight is 350 g/mol. The van der Waals surface area contributed by atoms with Gasteiger partial charge in [0.05, 0.1) is 12.9 Å². The van der Waals surface area contributed by atoms with Crippen LogP contribution in [0.5, 0.6) is 5.75 Å². The molecule has 0 spiro atoms. The largest absolute Gasteiger partial charge is 0.493 e. The third-order valence-electron chi connectivity index (χ3n) is 3.15. The first-order valence-electron chi connectivity index (χ1n) is 7.26. The Balaban J connectivity index is 1.58. The summed E-state index contributed by atoms with van der Waals surface area (Å²) in [7, 11) is 0. The van der Waals surface area contributed by atoms with Gasteiger partial charge in [0.2, 0.25) is 0 Å². The maximum Gasteiger partial charge on any atom is 0.200 e. The minimum Gasteiger partial charge on any atom is -0.493 e. The molecule has 0 atom stereocenters. The smallest absolute Gasteiger partial charge is 0.200 e. The highest BCUT2D eigenvalue weighted by Gasteiger charge is 2.14. The number of ether oxygens (including phenoxy) is 1. The van der Waals surface area contributed by atoms with Crippen LogP contribution in [0.15, 0.2) is 52.2 Å². The predicted molar refractivity (Wildman–Crippen MR) is 91.1 cm³/mol. The second-order valence-corrected chi connectivity index (χ2v) is 6.18. The molecule has 0 N–H and O–H groups in total. The van der Waals surface area contributed by atoms with E-state index in [-0.39, 0.29) is 0 Å². The minimum atomic E-state index is 0.567. The number of hydrogen-bond acceptors (Lipinski definition) is 5. The molecule has 2 heterocycles. The van der Waals surface area contributed by atoms with Gasteiger partial charge in [-0.25, -0.2) is 0 Å². The van der Waals surface area contributed by atoms with E-state index in [0.29, 0.717) is 11.6 Å². The summed E-state index contributed by atoms with van der Waals surface area (Å²) in [5.74, 6) is 3.01. The Bertz CT molecular complexity index is 759. The van der Waals surface area contributed by atoms with Crippen molar-refractivity contribution in [1.29, 1.82) is 0 Å². The van der Waals surface area contributed by atoms with E-state index in [2.05, 4.69) is 17.1 Å². The fourth-order valence-electron chi connectivity index (χ4n) is 2.12. The van der Waals surface area contributed by atoms with Gasteiger partial charge in [0.25, 0.3) is 0 Å². The van der Waals surface area contributed by atoms with Gasteiger partial charge in [-0.15, -0.1) is 10.2 Å². The van der Waals surface area contributed by atoms with Crippen molar-refractivity contribution < 1.29 is 9.15 Å². The van der Waals surface area contributed by atoms with Gasteiger partial charge in [-0.3, -0.25) is 4.57 Å². The molecular formula is C16H16ClN3O2S. The molecule has 1 aromatic carbocycles. The number of aromatic nitrogens is 3. The maximum atomic E-state index is 5.93. The lowest BCUT2D eigenvalue weighted by Gasteiger charge is -2.07. The van der Waals surface area contributed by atoms with Gasteiger partial charge in [0.1, 0.15) is 5.75 Å². The van der Waals surface area contributed by atoms with Gasteiger partial charge in [0.15, 0.2) is 16.7 Å². The lowest BCUT2D eigenvalue weighted by Crippen LogP contribution is -2.03. The van der Waals surface area contributed by atoms with Crippen LogP contribution in [0.3, 0.4) is 0 Å². The van der Waals surface area contributed by atoms with Crippen molar-refractivity contribution in [2.45, 2.75) is 18.6 Å². The van der Waals surface area contributed by atoms with Crippen molar-refractivity contribution in [2.75, 3.05) is 12.4 Å². The molecule has 5 nitrogen and oxygen atoms in total. The first-order valence-corrected chi connectivity index (χ1v) is 8.62. The zero-order chi connectivity index (χ0) is 16.1. The normalized spacial score (nSPS) is 10.9. The molecule has 23 heavy (non-hydrogen) atoms. The van der Waals surface area contributed by atoms with Crippen molar-refractivity contribution in [3.8, 4) is 17.3 Å². The van der Waals surface area contributed by atoms with E-state index in [9.17, 15) is 0 Å². The van der Waals surface area contributed by atoms with Gasteiger partial charge in [0, 0.05) is 17.3 Å². The number of halogens is 1. The van der Waals surface area contributed by atoms with Crippen molar-refractivity contribution in [1.82, 2.24) is 14.8 Å². The van der Waals surface area contributed by atoms with Crippen molar-refractivity contribution in [3.63, 3.8) is 0 Å². The van der Waals surface area contributed by atoms with E-state index in [0.717, 1.165) is 34.8 Å². The zero-order valence-electron chi connectivity index (χ0n) is 12.6. The number of thioether (sulfide) groups is 1. The van der Waals surface area contributed by atoms with Gasteiger partial charge < -0.3 is 9.15 Å². The molecule has 0 fully saturated rings. The van der Waals surface area contributed by atoms with E-state index < -0.39 is 0 Å². The van der Waals surface area contributed by atoms with Gasteiger partial charge >= 0.3 is 0 Å². The second kappa shape index (κ2) is 7.57. The van der Waals surface area contributed by atoms with Crippen molar-refractivity contribution >= 4 is 23.4 Å². The quantitative estimate of drug-likeness (QED) is 0.468. The molecule has 3 aromatic rings. The van der Waals surface area contributed by atoms with E-state index in [1.807, 2.05) is 34.9 Å². The van der Waals surface area contributed by atoms with E-state index in [1.165, 1.54) is 0 Å². The average Bonchev–Trinajstić information content (AvgIpc) is 3.20. The van der Waals surface area contributed by atoms with E-state index in [4.69, 9.17) is 20.8 Å². The number of furan rings is 1. The molecule has 120 valence electrons. The Labute approximate surface area is 143 Å². The second-order valence-electron chi connectivity index (χ2n) is 4.68. The molecule has 0 saturated heterocycles. The molecule has 0 aliphatic rings. The molecule has 0 radical (unpaired) electrons. The SMILES string of the molecule is CCn1c(SCCOc2cccc(Cl)c2)nnc1-c1ccco1. The lowest BCUT2D eigenvalue weighted by molar-refractivity contribution is 0.344. The Morgan fingerprint density at radius 2 is 2.17 bits per heavy atom. The third kappa shape index (κ3) is 3.89. The number of benzene rings is 1. The molecule has 2 aromatic heterocycles. The molecule has 0 bridgehead atoms. The van der Waals surface area contributed by atoms with Crippen molar-refractivity contribution in [2.24, 2.45) is 0 Å². The van der Waals surface area contributed by atoms with Crippen LogP contribution in [0, 0.1) is 0 Å². The molecule has 7 heteroatoms. The molecule has 0 aliphatic carbocycles. The summed E-state index contributed by atoms with van der Waals surface area (Å²) >= 11 is 7.53. The van der Waals surface area contributed by atoms with Crippen LogP contribution in [0.2, 0.25) is 5.02 Å². The molecule has 0 amide bonds. The van der Waals surface area contributed by atoms with Crippen LogP contribution in [0.25, 0.3) is 11.6 Å². The molecular weight excluding hydrogens is 334 g/mol. The van der Waals surface area contributed by atoms with Gasteiger partial charge in [-0.2, -0.15) is 0 Å². The van der Waals surface area contributed by atoms with E-state index >= 15 is 0 Å². The minimum absolute atomic E-state index is 0.567. The zero-order valence-corrected chi connectivity index (χ0v) is 14.2. The number of hydrogen-bond donors (Lipinski definition) is 0. The number of nitrogens with zero attached hydrogens (tertiary/aromatic N) is 3. The van der Waals surface area contributed by atoms with Crippen LogP contribution in [-0.2, 0) is 6.54 Å². The third-order valence-corrected chi connectivity index (χ3v) is 4.32. The Morgan fingerprint density at radius 3 is 2.91 bits per heavy atom. The number of rotatable bonds is 7. The summed E-state index contributed by atoms with van der Waals surface area (Å²) in [5, 5.41) is 9.98. The maximum absolute atomic E-state index is 5.93. The summed E-state index contributed by atoms with van der Waals surface area (Å²) in [4.78, 5) is 0.